The van der Waals surface area contributed by atoms with Crippen LogP contribution in [-0.2, 0) is 30.6 Å². The van der Waals surface area contributed by atoms with E-state index in [9.17, 15) is 19.2 Å². The van der Waals surface area contributed by atoms with Crippen LogP contribution in [-0.4, -0.2) is 45.0 Å². The van der Waals surface area contributed by atoms with Crippen molar-refractivity contribution in [3.63, 3.8) is 0 Å². The van der Waals surface area contributed by atoms with Gasteiger partial charge in [-0.3, -0.25) is 14.4 Å². The molecule has 4 aromatic rings. The Bertz CT molecular complexity index is 1700. The van der Waals surface area contributed by atoms with E-state index >= 15 is 0 Å². The molecule has 4 rings (SSSR count). The van der Waals surface area contributed by atoms with Crippen LogP contribution in [0.3, 0.4) is 0 Å². The van der Waals surface area contributed by atoms with Gasteiger partial charge in [0.15, 0.2) is 5.78 Å². The SMILES string of the molecule is CCn1c2ccc(C(=O)c3ccccc3C)cc2c2cc(C(CC(C)N(OC(C)=O)C(C)=O)=NOC(C)=O)ccc21. The topological polar surface area (TPSA) is 107 Å². The fraction of sp³-hybridized carbons (Fsp3) is 0.281. The Morgan fingerprint density at radius 1 is 0.878 bits per heavy atom. The van der Waals surface area contributed by atoms with E-state index in [0.29, 0.717) is 28.9 Å². The molecule has 9 heteroatoms. The zero-order chi connectivity index (χ0) is 29.8. The first-order valence-corrected chi connectivity index (χ1v) is 13.4. The Kier molecular flexibility index (Phi) is 8.66. The molecule has 0 aliphatic heterocycles. The van der Waals surface area contributed by atoms with Gasteiger partial charge < -0.3 is 14.2 Å². The minimum atomic E-state index is -0.629. The minimum Gasteiger partial charge on any atom is -0.341 e. The summed E-state index contributed by atoms with van der Waals surface area (Å²) in [5, 5.41) is 6.86. The van der Waals surface area contributed by atoms with Crippen LogP contribution in [0.4, 0.5) is 0 Å². The largest absolute Gasteiger partial charge is 0.341 e. The van der Waals surface area contributed by atoms with E-state index < -0.39 is 23.9 Å². The summed E-state index contributed by atoms with van der Waals surface area (Å²) in [6, 6.07) is 18.4. The monoisotopic (exact) mass is 555 g/mol. The third kappa shape index (κ3) is 6.19. The van der Waals surface area contributed by atoms with Crippen LogP contribution in [0.1, 0.15) is 68.1 Å². The number of rotatable bonds is 8. The first-order valence-electron chi connectivity index (χ1n) is 13.4. The quantitative estimate of drug-likeness (QED) is 0.119. The van der Waals surface area contributed by atoms with Crippen LogP contribution in [0, 0.1) is 6.92 Å². The number of nitrogens with zero attached hydrogens (tertiary/aromatic N) is 3. The van der Waals surface area contributed by atoms with Gasteiger partial charge in [-0.05, 0) is 56.7 Å². The Morgan fingerprint density at radius 2 is 1.49 bits per heavy atom. The fourth-order valence-electron chi connectivity index (χ4n) is 5.04. The number of hydrogen-bond donors (Lipinski definition) is 0. The molecule has 0 saturated heterocycles. The van der Waals surface area contributed by atoms with Gasteiger partial charge in [0.2, 0.25) is 0 Å². The Labute approximate surface area is 238 Å². The molecule has 0 bridgehead atoms. The number of carbonyl (C=O) groups is 4. The van der Waals surface area contributed by atoms with Crippen molar-refractivity contribution < 1.29 is 28.9 Å². The zero-order valence-corrected chi connectivity index (χ0v) is 24.1. The number of aromatic nitrogens is 1. The Balaban J connectivity index is 1.83. The van der Waals surface area contributed by atoms with E-state index in [4.69, 9.17) is 9.68 Å². The Morgan fingerprint density at radius 3 is 2.05 bits per heavy atom. The third-order valence-corrected chi connectivity index (χ3v) is 6.88. The predicted molar refractivity (Wildman–Crippen MR) is 156 cm³/mol. The third-order valence-electron chi connectivity index (χ3n) is 6.88. The van der Waals surface area contributed by atoms with Crippen molar-refractivity contribution in [2.24, 2.45) is 5.16 Å². The first-order chi connectivity index (χ1) is 19.5. The second-order valence-corrected chi connectivity index (χ2v) is 9.95. The number of amides is 1. The molecule has 212 valence electrons. The Hall–Kier alpha value is -4.79. The van der Waals surface area contributed by atoms with E-state index in [-0.39, 0.29) is 12.2 Å². The lowest BCUT2D eigenvalue weighted by Gasteiger charge is -2.26. The van der Waals surface area contributed by atoms with Gasteiger partial charge in [0.1, 0.15) is 0 Å². The highest BCUT2D eigenvalue weighted by Crippen LogP contribution is 2.32. The average molecular weight is 556 g/mol. The van der Waals surface area contributed by atoms with Crippen molar-refractivity contribution >= 4 is 51.1 Å². The van der Waals surface area contributed by atoms with Gasteiger partial charge >= 0.3 is 11.9 Å². The summed E-state index contributed by atoms with van der Waals surface area (Å²) in [6.07, 6.45) is 0.134. The summed E-state index contributed by atoms with van der Waals surface area (Å²) in [5.74, 6) is -1.73. The standard InChI is InChI=1S/C32H33N3O6/c1-7-34-30-14-12-24(29(33-40-22(5)37)16-20(3)35(21(4)36)41-23(6)38)17-27(30)28-18-25(13-15-31(28)34)32(39)26-11-9-8-10-19(26)2/h8-15,17-18,20H,7,16H2,1-6H3. The molecule has 0 radical (unpaired) electrons. The number of fused-ring (bicyclic) bond motifs is 3. The van der Waals surface area contributed by atoms with Crippen LogP contribution in [0.2, 0.25) is 0 Å². The summed E-state index contributed by atoms with van der Waals surface area (Å²) < 4.78 is 2.17. The molecule has 0 fully saturated rings. The fourth-order valence-corrected chi connectivity index (χ4v) is 5.04. The van der Waals surface area contributed by atoms with Crippen molar-refractivity contribution in [2.75, 3.05) is 0 Å². The zero-order valence-electron chi connectivity index (χ0n) is 24.1. The van der Waals surface area contributed by atoms with Gasteiger partial charge in [-0.25, -0.2) is 4.79 Å². The van der Waals surface area contributed by atoms with Crippen LogP contribution in [0.15, 0.2) is 65.8 Å². The van der Waals surface area contributed by atoms with Crippen molar-refractivity contribution in [1.82, 2.24) is 9.63 Å². The van der Waals surface area contributed by atoms with Gasteiger partial charge in [0.25, 0.3) is 5.91 Å². The van der Waals surface area contributed by atoms with Gasteiger partial charge in [0, 0.05) is 72.2 Å². The predicted octanol–water partition coefficient (Wildman–Crippen LogP) is 5.73. The number of carbonyl (C=O) groups excluding carboxylic acids is 4. The highest BCUT2D eigenvalue weighted by Gasteiger charge is 2.24. The van der Waals surface area contributed by atoms with Crippen molar-refractivity contribution in [3.05, 3.63) is 82.9 Å². The van der Waals surface area contributed by atoms with Crippen LogP contribution in [0.25, 0.3) is 21.8 Å². The number of hydroxylamine groups is 2. The van der Waals surface area contributed by atoms with Crippen molar-refractivity contribution in [2.45, 2.75) is 60.5 Å². The van der Waals surface area contributed by atoms with Crippen molar-refractivity contribution in [1.29, 1.82) is 0 Å². The molecule has 0 spiro atoms. The van der Waals surface area contributed by atoms with Gasteiger partial charge in [-0.1, -0.05) is 35.5 Å². The summed E-state index contributed by atoms with van der Waals surface area (Å²) in [4.78, 5) is 58.9. The molecule has 3 aromatic carbocycles. The molecular weight excluding hydrogens is 522 g/mol. The van der Waals surface area contributed by atoms with E-state index in [1.54, 1.807) is 6.92 Å². The lowest BCUT2D eigenvalue weighted by Crippen LogP contribution is -2.39. The summed E-state index contributed by atoms with van der Waals surface area (Å²) in [7, 11) is 0. The molecule has 0 saturated carbocycles. The average Bonchev–Trinajstić information content (AvgIpc) is 3.25. The summed E-state index contributed by atoms with van der Waals surface area (Å²) in [5.41, 5.74) is 5.12. The summed E-state index contributed by atoms with van der Waals surface area (Å²) in [6.45, 7) is 10.1. The molecular formula is C32H33N3O6. The first kappa shape index (κ1) is 29.2. The second kappa shape index (κ2) is 12.2. The highest BCUT2D eigenvalue weighted by molar-refractivity contribution is 6.16. The van der Waals surface area contributed by atoms with Crippen LogP contribution in [0.5, 0.6) is 0 Å². The van der Waals surface area contributed by atoms with Gasteiger partial charge in [-0.2, -0.15) is 5.06 Å². The molecule has 0 N–H and O–H groups in total. The molecule has 9 nitrogen and oxygen atoms in total. The highest BCUT2D eigenvalue weighted by atomic mass is 16.7. The van der Waals surface area contributed by atoms with Crippen LogP contribution < -0.4 is 0 Å². The molecule has 0 aliphatic carbocycles. The molecule has 1 aromatic heterocycles. The van der Waals surface area contributed by atoms with E-state index in [2.05, 4.69) is 16.6 Å². The molecule has 1 atom stereocenters. The molecule has 1 amide bonds. The maximum absolute atomic E-state index is 13.4. The maximum atomic E-state index is 13.4. The number of benzene rings is 3. The molecule has 0 aliphatic rings. The lowest BCUT2D eigenvalue weighted by molar-refractivity contribution is -0.202. The maximum Gasteiger partial charge on any atom is 0.331 e. The summed E-state index contributed by atoms with van der Waals surface area (Å²) >= 11 is 0. The number of aryl methyl sites for hydroxylation is 2. The second-order valence-electron chi connectivity index (χ2n) is 9.95. The number of ketones is 1. The minimum absolute atomic E-state index is 0.0562. The normalized spacial score (nSPS) is 12.3. The van der Waals surface area contributed by atoms with Crippen molar-refractivity contribution in [3.8, 4) is 0 Å². The molecule has 1 heterocycles. The van der Waals surface area contributed by atoms with E-state index in [0.717, 1.165) is 32.4 Å². The van der Waals surface area contributed by atoms with E-state index in [1.807, 2.05) is 67.6 Å². The van der Waals surface area contributed by atoms with Gasteiger partial charge in [-0.15, -0.1) is 0 Å². The van der Waals surface area contributed by atoms with E-state index in [1.165, 1.54) is 20.8 Å². The molecule has 1 unspecified atom stereocenters. The number of hydrogen-bond acceptors (Lipinski definition) is 7. The smallest absolute Gasteiger partial charge is 0.331 e. The van der Waals surface area contributed by atoms with Crippen LogP contribution >= 0.6 is 0 Å². The number of oxime groups is 1. The molecule has 41 heavy (non-hydrogen) atoms. The van der Waals surface area contributed by atoms with Gasteiger partial charge in [0.05, 0.1) is 11.8 Å². The lowest BCUT2D eigenvalue weighted by atomic mass is 9.97.